The molecule has 0 spiro atoms. The van der Waals surface area contributed by atoms with Crippen LogP contribution in [0.3, 0.4) is 0 Å². The summed E-state index contributed by atoms with van der Waals surface area (Å²) < 4.78 is 0. The van der Waals surface area contributed by atoms with Gasteiger partial charge in [0.2, 0.25) is 5.91 Å². The van der Waals surface area contributed by atoms with Crippen molar-refractivity contribution in [3.05, 3.63) is 0 Å². The number of carbonyl (C=O) groups excluding carboxylic acids is 1. The topological polar surface area (TPSA) is 44.1 Å². The van der Waals surface area contributed by atoms with E-state index in [4.69, 9.17) is 0 Å². The van der Waals surface area contributed by atoms with Gasteiger partial charge in [-0.1, -0.05) is 26.7 Å². The van der Waals surface area contributed by atoms with Crippen molar-refractivity contribution in [2.75, 3.05) is 13.1 Å². The van der Waals surface area contributed by atoms with Crippen molar-refractivity contribution in [2.45, 2.75) is 50.0 Å². The van der Waals surface area contributed by atoms with Gasteiger partial charge in [-0.3, -0.25) is 4.79 Å². The molecule has 1 amide bonds. The van der Waals surface area contributed by atoms with Gasteiger partial charge in [0, 0.05) is 23.6 Å². The molecule has 1 aliphatic heterocycles. The molecule has 2 atom stereocenters. The number of nitrogens with zero attached hydrogens (tertiary/aromatic N) is 2. The monoisotopic (exact) mass is 252 g/mol. The Bertz CT molecular complexity index is 334. The summed E-state index contributed by atoms with van der Waals surface area (Å²) in [5, 5.41) is 10.3. The summed E-state index contributed by atoms with van der Waals surface area (Å²) in [4.78, 5) is 14.5. The van der Waals surface area contributed by atoms with Crippen LogP contribution in [-0.4, -0.2) is 34.4 Å². The molecule has 94 valence electrons. The Morgan fingerprint density at radius 2 is 1.82 bits per heavy atom. The maximum atomic E-state index is 12.5. The largest absolute Gasteiger partial charge is 0.339 e. The third-order valence-electron chi connectivity index (χ3n) is 3.79. The summed E-state index contributed by atoms with van der Waals surface area (Å²) in [6.45, 7) is 5.93. The van der Waals surface area contributed by atoms with E-state index < -0.39 is 5.41 Å². The fourth-order valence-electron chi connectivity index (χ4n) is 3.00. The molecule has 1 heterocycles. The highest BCUT2D eigenvalue weighted by Crippen LogP contribution is 2.40. The van der Waals surface area contributed by atoms with Crippen LogP contribution in [0.1, 0.15) is 39.5 Å². The summed E-state index contributed by atoms with van der Waals surface area (Å²) in [7, 11) is 0. The summed E-state index contributed by atoms with van der Waals surface area (Å²) in [6, 6.07) is 2.31. The summed E-state index contributed by atoms with van der Waals surface area (Å²) in [5.41, 5.74) is -0.693. The van der Waals surface area contributed by atoms with Gasteiger partial charge in [-0.15, -0.1) is 0 Å². The van der Waals surface area contributed by atoms with Crippen LogP contribution in [0.15, 0.2) is 0 Å². The zero-order chi connectivity index (χ0) is 12.5. The zero-order valence-electron chi connectivity index (χ0n) is 10.6. The fraction of sp³-hybridized carbons (Fsp3) is 0.846. The molecule has 3 nitrogen and oxygen atoms in total. The first kappa shape index (κ1) is 12.8. The lowest BCUT2D eigenvalue weighted by atomic mass is 9.86. The molecule has 2 unspecified atom stereocenters. The van der Waals surface area contributed by atoms with Crippen LogP contribution >= 0.6 is 11.8 Å². The van der Waals surface area contributed by atoms with E-state index in [9.17, 15) is 10.1 Å². The van der Waals surface area contributed by atoms with Gasteiger partial charge in [-0.05, 0) is 12.8 Å². The van der Waals surface area contributed by atoms with Gasteiger partial charge in [-0.25, -0.2) is 0 Å². The maximum Gasteiger partial charge on any atom is 0.243 e. The van der Waals surface area contributed by atoms with Crippen LogP contribution in [0.2, 0.25) is 0 Å². The molecule has 0 aromatic carbocycles. The highest BCUT2D eigenvalue weighted by Gasteiger charge is 2.45. The second kappa shape index (κ2) is 4.89. The van der Waals surface area contributed by atoms with Gasteiger partial charge in [0.1, 0.15) is 5.41 Å². The normalized spacial score (nSPS) is 32.2. The van der Waals surface area contributed by atoms with E-state index in [1.807, 2.05) is 16.7 Å². The Morgan fingerprint density at radius 3 is 2.29 bits per heavy atom. The molecule has 0 bridgehead atoms. The second-order valence-corrected chi connectivity index (χ2v) is 7.25. The lowest BCUT2D eigenvalue weighted by Gasteiger charge is -2.38. The van der Waals surface area contributed by atoms with Crippen LogP contribution in [-0.2, 0) is 4.79 Å². The number of rotatable bonds is 1. The number of hydrogen-bond donors (Lipinski definition) is 0. The average molecular weight is 252 g/mol. The maximum absolute atomic E-state index is 12.5. The molecular formula is C13H20N2OS. The van der Waals surface area contributed by atoms with Crippen molar-refractivity contribution < 1.29 is 4.79 Å². The minimum atomic E-state index is -0.693. The molecule has 2 aliphatic rings. The van der Waals surface area contributed by atoms with E-state index in [0.717, 1.165) is 38.8 Å². The van der Waals surface area contributed by atoms with Gasteiger partial charge in [-0.2, -0.15) is 17.0 Å². The Morgan fingerprint density at radius 1 is 1.29 bits per heavy atom. The molecule has 0 radical (unpaired) electrons. The smallest absolute Gasteiger partial charge is 0.243 e. The van der Waals surface area contributed by atoms with Crippen molar-refractivity contribution in [2.24, 2.45) is 5.41 Å². The standard InChI is InChI=1S/C13H20N2OS/c1-10-7-15(8-11(2)17-10)12(16)13(9-14)5-3-4-6-13/h10-11H,3-8H2,1-2H3. The number of nitriles is 1. The molecule has 0 N–H and O–H groups in total. The SMILES string of the molecule is CC1CN(C(=O)C2(C#N)CCCC2)CC(C)S1. The van der Waals surface area contributed by atoms with Crippen molar-refractivity contribution >= 4 is 17.7 Å². The molecule has 1 aliphatic carbocycles. The Kier molecular flexibility index (Phi) is 3.67. The highest BCUT2D eigenvalue weighted by molar-refractivity contribution is 8.00. The van der Waals surface area contributed by atoms with Gasteiger partial charge in [0.05, 0.1) is 6.07 Å². The molecular weight excluding hydrogens is 232 g/mol. The van der Waals surface area contributed by atoms with Crippen LogP contribution in [0.25, 0.3) is 0 Å². The van der Waals surface area contributed by atoms with Crippen molar-refractivity contribution in [3.63, 3.8) is 0 Å². The third kappa shape index (κ3) is 2.44. The van der Waals surface area contributed by atoms with E-state index in [-0.39, 0.29) is 5.91 Å². The Balaban J connectivity index is 2.11. The second-order valence-electron chi connectivity index (χ2n) is 5.37. The van der Waals surface area contributed by atoms with Crippen LogP contribution in [0.4, 0.5) is 0 Å². The van der Waals surface area contributed by atoms with Gasteiger partial charge in [0.15, 0.2) is 0 Å². The predicted octanol–water partition coefficient (Wildman–Crippen LogP) is 2.42. The van der Waals surface area contributed by atoms with Gasteiger partial charge < -0.3 is 4.90 Å². The van der Waals surface area contributed by atoms with E-state index in [2.05, 4.69) is 19.9 Å². The lowest BCUT2D eigenvalue weighted by molar-refractivity contribution is -0.139. The lowest BCUT2D eigenvalue weighted by Crippen LogP contribution is -2.49. The third-order valence-corrected chi connectivity index (χ3v) is 5.01. The molecule has 2 rings (SSSR count). The van der Waals surface area contributed by atoms with Gasteiger partial charge >= 0.3 is 0 Å². The van der Waals surface area contributed by atoms with Crippen LogP contribution in [0, 0.1) is 16.7 Å². The number of hydrogen-bond acceptors (Lipinski definition) is 3. The Hall–Kier alpha value is -0.690. The van der Waals surface area contributed by atoms with Crippen LogP contribution in [0.5, 0.6) is 0 Å². The predicted molar refractivity (Wildman–Crippen MR) is 69.6 cm³/mol. The molecule has 4 heteroatoms. The minimum Gasteiger partial charge on any atom is -0.339 e. The van der Waals surface area contributed by atoms with Crippen molar-refractivity contribution in [3.8, 4) is 6.07 Å². The molecule has 0 aromatic heterocycles. The number of amides is 1. The quantitative estimate of drug-likeness (QED) is 0.720. The Labute approximate surface area is 108 Å². The summed E-state index contributed by atoms with van der Waals surface area (Å²) in [5.74, 6) is 0.0940. The minimum absolute atomic E-state index is 0.0940. The molecule has 2 fully saturated rings. The van der Waals surface area contributed by atoms with Crippen molar-refractivity contribution in [1.82, 2.24) is 4.90 Å². The van der Waals surface area contributed by atoms with Crippen molar-refractivity contribution in [1.29, 1.82) is 5.26 Å². The van der Waals surface area contributed by atoms with Crippen LogP contribution < -0.4 is 0 Å². The fourth-order valence-corrected chi connectivity index (χ4v) is 4.32. The zero-order valence-corrected chi connectivity index (χ0v) is 11.4. The summed E-state index contributed by atoms with van der Waals surface area (Å²) >= 11 is 1.93. The molecule has 0 aromatic rings. The first-order chi connectivity index (χ1) is 8.07. The number of thioether (sulfide) groups is 1. The first-order valence-electron chi connectivity index (χ1n) is 6.43. The van der Waals surface area contributed by atoms with Gasteiger partial charge in [0.25, 0.3) is 0 Å². The molecule has 1 saturated heterocycles. The average Bonchev–Trinajstić information content (AvgIpc) is 2.76. The van der Waals surface area contributed by atoms with E-state index in [1.165, 1.54) is 0 Å². The molecule has 17 heavy (non-hydrogen) atoms. The van der Waals surface area contributed by atoms with E-state index in [0.29, 0.717) is 10.5 Å². The first-order valence-corrected chi connectivity index (χ1v) is 7.38. The van der Waals surface area contributed by atoms with E-state index >= 15 is 0 Å². The highest BCUT2D eigenvalue weighted by atomic mass is 32.2. The van der Waals surface area contributed by atoms with E-state index in [1.54, 1.807) is 0 Å². The number of carbonyl (C=O) groups is 1. The molecule has 1 saturated carbocycles. The summed E-state index contributed by atoms with van der Waals surface area (Å²) in [6.07, 6.45) is 3.56.